The molecule has 0 amide bonds. The molecule has 21 valence electrons. The van der Waals surface area contributed by atoms with E-state index in [1.54, 1.807) is 0 Å². The van der Waals surface area contributed by atoms with Crippen molar-refractivity contribution in [3.63, 3.8) is 0 Å². The first-order valence-electron chi connectivity index (χ1n) is 0.866. The molecule has 0 aliphatic heterocycles. The summed E-state index contributed by atoms with van der Waals surface area (Å²) in [5.74, 6) is 0. The second-order valence-electron chi connectivity index (χ2n) is 0.302. The fourth-order valence-corrected chi connectivity index (χ4v) is 0. The van der Waals surface area contributed by atoms with E-state index in [4.69, 9.17) is 5.26 Å². The van der Waals surface area contributed by atoms with Gasteiger partial charge in [0.1, 0.15) is 0 Å². The second-order valence-corrected chi connectivity index (χ2v) is 0.908. The Morgan fingerprint density at radius 1 is 2.00 bits per heavy atom. The van der Waals surface area contributed by atoms with Gasteiger partial charge in [-0.3, -0.25) is 0 Å². The van der Waals surface area contributed by atoms with Crippen LogP contribution in [0.15, 0.2) is 0 Å². The van der Waals surface area contributed by atoms with Gasteiger partial charge in [-0.25, -0.2) is 0 Å². The van der Waals surface area contributed by atoms with E-state index in [9.17, 15) is 0 Å². The standard InChI is InChI=1S/C2H2NSe/c3-1-2-4/h2H2. The van der Waals surface area contributed by atoms with Crippen LogP contribution in [0.1, 0.15) is 0 Å². The van der Waals surface area contributed by atoms with Crippen molar-refractivity contribution in [2.24, 2.45) is 0 Å². The molecule has 0 aromatic heterocycles. The minimum atomic E-state index is 0.500. The molecule has 0 bridgehead atoms. The molecule has 4 heavy (non-hydrogen) atoms. The van der Waals surface area contributed by atoms with Crippen LogP contribution in [0.5, 0.6) is 0 Å². The van der Waals surface area contributed by atoms with Crippen LogP contribution < -0.4 is 0 Å². The predicted octanol–water partition coefficient (Wildman–Crippen LogP) is 0.0968. The zero-order valence-corrected chi connectivity index (χ0v) is 3.78. The van der Waals surface area contributed by atoms with Crippen molar-refractivity contribution in [2.75, 3.05) is 0 Å². The summed E-state index contributed by atoms with van der Waals surface area (Å²) < 4.78 is 0. The van der Waals surface area contributed by atoms with Gasteiger partial charge in [0, 0.05) is 0 Å². The quantitative estimate of drug-likeness (QED) is 0.415. The Kier molecular flexibility index (Phi) is 3.02. The minimum absolute atomic E-state index is 0.500. The summed E-state index contributed by atoms with van der Waals surface area (Å²) in [5.41, 5.74) is 0. The van der Waals surface area contributed by atoms with E-state index < -0.39 is 0 Å². The van der Waals surface area contributed by atoms with Gasteiger partial charge in [-0.05, 0) is 0 Å². The summed E-state index contributed by atoms with van der Waals surface area (Å²) in [6, 6.07) is 1.88. The number of rotatable bonds is 0. The van der Waals surface area contributed by atoms with Gasteiger partial charge in [0.15, 0.2) is 0 Å². The van der Waals surface area contributed by atoms with Gasteiger partial charge in [-0.2, -0.15) is 0 Å². The van der Waals surface area contributed by atoms with Crippen LogP contribution in [0.2, 0.25) is 5.32 Å². The fraction of sp³-hybridized carbons (Fsp3) is 0.500. The number of nitrogens with zero attached hydrogens (tertiary/aromatic N) is 1. The van der Waals surface area contributed by atoms with Crippen molar-refractivity contribution in [3.8, 4) is 6.07 Å². The first-order chi connectivity index (χ1) is 1.91. The van der Waals surface area contributed by atoms with Crippen LogP contribution in [0, 0.1) is 11.3 Å². The Bertz CT molecular complexity index is 35.8. The SMILES string of the molecule is N#CC[Se]. The van der Waals surface area contributed by atoms with Crippen molar-refractivity contribution in [1.29, 1.82) is 5.26 Å². The molecule has 0 aromatic carbocycles. The van der Waals surface area contributed by atoms with Crippen LogP contribution >= 0.6 is 0 Å². The van der Waals surface area contributed by atoms with Gasteiger partial charge >= 0.3 is 32.7 Å². The van der Waals surface area contributed by atoms with Crippen molar-refractivity contribution in [1.82, 2.24) is 0 Å². The first-order valence-corrected chi connectivity index (χ1v) is 2.08. The molecular weight excluding hydrogens is 117 g/mol. The first kappa shape index (κ1) is 4.01. The molecule has 0 aliphatic rings. The molecule has 0 rings (SSSR count). The Morgan fingerprint density at radius 2 is 2.25 bits per heavy atom. The molecule has 0 aromatic rings. The van der Waals surface area contributed by atoms with Crippen LogP contribution in [-0.2, 0) is 0 Å². The molecule has 1 nitrogen and oxygen atoms in total. The molecule has 0 saturated carbocycles. The molecule has 0 heterocycles. The molecule has 0 saturated heterocycles. The molecule has 0 aliphatic carbocycles. The third-order valence-corrected chi connectivity index (χ3v) is 0.335. The molecule has 2 heteroatoms. The fourth-order valence-electron chi connectivity index (χ4n) is 0. The molecule has 0 spiro atoms. The topological polar surface area (TPSA) is 23.8 Å². The van der Waals surface area contributed by atoms with E-state index >= 15 is 0 Å². The average molecular weight is 119 g/mol. The Labute approximate surface area is 33.4 Å². The molecule has 0 N–H and O–H groups in total. The number of hydrogen-bond donors (Lipinski definition) is 0. The van der Waals surface area contributed by atoms with Gasteiger partial charge in [0.25, 0.3) is 0 Å². The molecule has 0 unspecified atom stereocenters. The van der Waals surface area contributed by atoms with E-state index in [1.165, 1.54) is 0 Å². The number of nitriles is 1. The zero-order valence-electron chi connectivity index (χ0n) is 2.06. The molecular formula is C2H2NSe. The van der Waals surface area contributed by atoms with E-state index in [-0.39, 0.29) is 0 Å². The van der Waals surface area contributed by atoms with E-state index in [0.29, 0.717) is 5.32 Å². The van der Waals surface area contributed by atoms with E-state index in [1.807, 2.05) is 6.07 Å². The number of hydrogen-bond acceptors (Lipinski definition) is 1. The van der Waals surface area contributed by atoms with Gasteiger partial charge < -0.3 is 0 Å². The maximum atomic E-state index is 7.59. The summed E-state index contributed by atoms with van der Waals surface area (Å²) in [6.07, 6.45) is 0. The average Bonchev–Trinajstić information content (AvgIpc) is 1.37. The third kappa shape index (κ3) is 2.01. The van der Waals surface area contributed by atoms with Crippen LogP contribution in [0.4, 0.5) is 0 Å². The van der Waals surface area contributed by atoms with Gasteiger partial charge in [0.05, 0.1) is 0 Å². The summed E-state index contributed by atoms with van der Waals surface area (Å²) in [6.45, 7) is 0. The third-order valence-electron chi connectivity index (χ3n) is 0.0645. The molecule has 1 radical (unpaired) electrons. The predicted molar refractivity (Wildman–Crippen MR) is 16.2 cm³/mol. The monoisotopic (exact) mass is 120 g/mol. The van der Waals surface area contributed by atoms with Crippen molar-refractivity contribution < 1.29 is 0 Å². The van der Waals surface area contributed by atoms with Gasteiger partial charge in [-0.1, -0.05) is 0 Å². The van der Waals surface area contributed by atoms with E-state index in [0.717, 1.165) is 0 Å². The Morgan fingerprint density at radius 3 is 2.25 bits per heavy atom. The Hall–Kier alpha value is 0.00948. The van der Waals surface area contributed by atoms with Gasteiger partial charge in [0.2, 0.25) is 0 Å². The van der Waals surface area contributed by atoms with Crippen LogP contribution in [0.3, 0.4) is 0 Å². The van der Waals surface area contributed by atoms with E-state index in [2.05, 4.69) is 16.0 Å². The maximum absolute atomic E-state index is 7.59. The second kappa shape index (κ2) is 3.01. The van der Waals surface area contributed by atoms with Crippen molar-refractivity contribution in [2.45, 2.75) is 5.32 Å². The van der Waals surface area contributed by atoms with Crippen LogP contribution in [0.25, 0.3) is 0 Å². The van der Waals surface area contributed by atoms with Crippen molar-refractivity contribution >= 4 is 16.0 Å². The summed E-state index contributed by atoms with van der Waals surface area (Å²) in [5, 5.41) is 8.09. The summed E-state index contributed by atoms with van der Waals surface area (Å²) >= 11 is 2.53. The summed E-state index contributed by atoms with van der Waals surface area (Å²) in [7, 11) is 0. The Balaban J connectivity index is 2.43. The van der Waals surface area contributed by atoms with Crippen molar-refractivity contribution in [3.05, 3.63) is 0 Å². The van der Waals surface area contributed by atoms with Crippen LogP contribution in [-0.4, -0.2) is 16.0 Å². The molecule has 0 atom stereocenters. The normalized spacial score (nSPS) is 5.00. The molecule has 0 fully saturated rings. The van der Waals surface area contributed by atoms with Gasteiger partial charge in [-0.15, -0.1) is 0 Å². The zero-order chi connectivity index (χ0) is 3.41. The summed E-state index contributed by atoms with van der Waals surface area (Å²) in [4.78, 5) is 0.